The zero-order chi connectivity index (χ0) is 13.8. The maximum Gasteiger partial charge on any atom is 0.273 e. The number of carbonyl (C=O) groups is 1. The first-order valence-electron chi connectivity index (χ1n) is 6.76. The molecule has 1 amide bonds. The Labute approximate surface area is 142 Å². The van der Waals surface area contributed by atoms with E-state index in [2.05, 4.69) is 23.7 Å². The molecule has 1 aromatic heterocycles. The molecule has 0 aromatic carbocycles. The summed E-state index contributed by atoms with van der Waals surface area (Å²) in [6, 6.07) is 0. The van der Waals surface area contributed by atoms with Crippen LogP contribution in [0.25, 0.3) is 0 Å². The highest BCUT2D eigenvalue weighted by molar-refractivity contribution is 7.09. The number of rotatable bonds is 4. The van der Waals surface area contributed by atoms with Crippen LogP contribution in [0.5, 0.6) is 0 Å². The predicted octanol–water partition coefficient (Wildman–Crippen LogP) is 1.86. The van der Waals surface area contributed by atoms with Crippen molar-refractivity contribution in [1.82, 2.24) is 14.8 Å². The molecule has 0 radical (unpaired) electrons. The number of hydrogen-bond donors (Lipinski definition) is 1. The van der Waals surface area contributed by atoms with Crippen molar-refractivity contribution in [2.45, 2.75) is 20.4 Å². The molecule has 0 bridgehead atoms. The zero-order valence-corrected chi connectivity index (χ0v) is 14.9. The molecule has 122 valence electrons. The van der Waals surface area contributed by atoms with E-state index in [-0.39, 0.29) is 30.7 Å². The average Bonchev–Trinajstić information content (AvgIpc) is 2.87. The lowest BCUT2D eigenvalue weighted by molar-refractivity contribution is 0.0618. The summed E-state index contributed by atoms with van der Waals surface area (Å²) in [6.07, 6.45) is 0. The van der Waals surface area contributed by atoms with E-state index < -0.39 is 0 Å². The third kappa shape index (κ3) is 5.71. The summed E-state index contributed by atoms with van der Waals surface area (Å²) in [5.74, 6) is 0.716. The van der Waals surface area contributed by atoms with Crippen molar-refractivity contribution in [2.24, 2.45) is 11.7 Å². The molecule has 5 nitrogen and oxygen atoms in total. The molecular weight excluding hydrogens is 331 g/mol. The number of carbonyl (C=O) groups excluding carboxylic acids is 1. The lowest BCUT2D eigenvalue weighted by Crippen LogP contribution is -2.49. The largest absolute Gasteiger partial charge is 0.335 e. The van der Waals surface area contributed by atoms with Gasteiger partial charge in [0.2, 0.25) is 0 Å². The second kappa shape index (κ2) is 9.58. The van der Waals surface area contributed by atoms with Gasteiger partial charge in [0.1, 0.15) is 10.7 Å². The number of piperazine rings is 1. The fraction of sp³-hybridized carbons (Fsp3) is 0.692. The van der Waals surface area contributed by atoms with Gasteiger partial charge in [-0.15, -0.1) is 36.2 Å². The minimum absolute atomic E-state index is 0. The molecule has 1 saturated heterocycles. The van der Waals surface area contributed by atoms with Crippen molar-refractivity contribution < 1.29 is 4.79 Å². The fourth-order valence-corrected chi connectivity index (χ4v) is 2.96. The summed E-state index contributed by atoms with van der Waals surface area (Å²) in [7, 11) is 0. The first-order valence-corrected chi connectivity index (χ1v) is 7.64. The van der Waals surface area contributed by atoms with Crippen LogP contribution < -0.4 is 5.73 Å². The molecule has 0 saturated carbocycles. The molecule has 8 heteroatoms. The van der Waals surface area contributed by atoms with Crippen LogP contribution in [0.3, 0.4) is 0 Å². The Morgan fingerprint density at radius 2 is 1.95 bits per heavy atom. The van der Waals surface area contributed by atoms with Gasteiger partial charge in [-0.2, -0.15) is 0 Å². The van der Waals surface area contributed by atoms with Crippen LogP contribution in [0.2, 0.25) is 0 Å². The van der Waals surface area contributed by atoms with Crippen LogP contribution in [-0.4, -0.2) is 53.4 Å². The fourth-order valence-electron chi connectivity index (χ4n) is 2.31. The molecule has 1 aromatic rings. The van der Waals surface area contributed by atoms with Crippen LogP contribution in [0.1, 0.15) is 29.3 Å². The molecule has 0 unspecified atom stereocenters. The van der Waals surface area contributed by atoms with Crippen molar-refractivity contribution in [1.29, 1.82) is 0 Å². The van der Waals surface area contributed by atoms with Gasteiger partial charge in [-0.3, -0.25) is 9.69 Å². The standard InChI is InChI=1S/C13H22N4OS.2ClH/c1-10(2)8-16-3-5-17(6-4-16)13(18)11-9-19-12(7-14)15-11;;/h9-10H,3-8,14H2,1-2H3;2*1H. The smallest absolute Gasteiger partial charge is 0.273 e. The summed E-state index contributed by atoms with van der Waals surface area (Å²) in [6.45, 7) is 9.45. The first kappa shape index (κ1) is 20.6. The zero-order valence-electron chi connectivity index (χ0n) is 12.4. The Kier molecular flexibility index (Phi) is 9.40. The van der Waals surface area contributed by atoms with Crippen molar-refractivity contribution in [3.05, 3.63) is 16.1 Å². The Morgan fingerprint density at radius 3 is 2.43 bits per heavy atom. The highest BCUT2D eigenvalue weighted by atomic mass is 35.5. The topological polar surface area (TPSA) is 62.5 Å². The Bertz CT molecular complexity index is 434. The van der Waals surface area contributed by atoms with Gasteiger partial charge < -0.3 is 10.6 Å². The summed E-state index contributed by atoms with van der Waals surface area (Å²) in [4.78, 5) is 20.8. The van der Waals surface area contributed by atoms with Crippen LogP contribution in [0.4, 0.5) is 0 Å². The third-order valence-corrected chi connectivity index (χ3v) is 4.10. The molecule has 1 aliphatic heterocycles. The van der Waals surface area contributed by atoms with Crippen molar-refractivity contribution in [3.63, 3.8) is 0 Å². The highest BCUT2D eigenvalue weighted by Crippen LogP contribution is 2.13. The van der Waals surface area contributed by atoms with E-state index in [1.54, 1.807) is 0 Å². The third-order valence-electron chi connectivity index (χ3n) is 3.23. The summed E-state index contributed by atoms with van der Waals surface area (Å²) < 4.78 is 0. The normalized spacial score (nSPS) is 15.5. The Balaban J connectivity index is 0.00000200. The molecule has 1 fully saturated rings. The monoisotopic (exact) mass is 354 g/mol. The molecule has 21 heavy (non-hydrogen) atoms. The maximum absolute atomic E-state index is 12.3. The first-order chi connectivity index (χ1) is 9.10. The van der Waals surface area contributed by atoms with Crippen LogP contribution in [0, 0.1) is 5.92 Å². The summed E-state index contributed by atoms with van der Waals surface area (Å²) in [5, 5.41) is 2.63. The number of amides is 1. The molecule has 2 rings (SSSR count). The quantitative estimate of drug-likeness (QED) is 0.896. The maximum atomic E-state index is 12.3. The lowest BCUT2D eigenvalue weighted by atomic mass is 10.2. The number of thiazole rings is 1. The Hall–Kier alpha value is -0.400. The molecule has 0 aliphatic carbocycles. The molecule has 1 aliphatic rings. The van der Waals surface area contributed by atoms with E-state index in [1.165, 1.54) is 11.3 Å². The van der Waals surface area contributed by atoms with Gasteiger partial charge in [0, 0.05) is 44.6 Å². The number of nitrogens with zero attached hydrogens (tertiary/aromatic N) is 3. The molecule has 2 heterocycles. The minimum Gasteiger partial charge on any atom is -0.335 e. The van der Waals surface area contributed by atoms with Gasteiger partial charge in [-0.1, -0.05) is 13.8 Å². The molecule has 2 N–H and O–H groups in total. The van der Waals surface area contributed by atoms with E-state index in [0.29, 0.717) is 18.2 Å². The average molecular weight is 355 g/mol. The van der Waals surface area contributed by atoms with E-state index in [0.717, 1.165) is 37.7 Å². The van der Waals surface area contributed by atoms with Crippen molar-refractivity contribution in [2.75, 3.05) is 32.7 Å². The van der Waals surface area contributed by atoms with Gasteiger partial charge in [-0.05, 0) is 5.92 Å². The predicted molar refractivity (Wildman–Crippen MR) is 91.7 cm³/mol. The van der Waals surface area contributed by atoms with Gasteiger partial charge >= 0.3 is 0 Å². The van der Waals surface area contributed by atoms with E-state index in [9.17, 15) is 4.79 Å². The number of hydrogen-bond acceptors (Lipinski definition) is 5. The second-order valence-corrected chi connectivity index (χ2v) is 6.26. The Morgan fingerprint density at radius 1 is 1.33 bits per heavy atom. The second-order valence-electron chi connectivity index (χ2n) is 5.32. The van der Waals surface area contributed by atoms with Gasteiger partial charge in [0.15, 0.2) is 0 Å². The van der Waals surface area contributed by atoms with Crippen molar-refractivity contribution >= 4 is 42.1 Å². The number of nitrogens with two attached hydrogens (primary N) is 1. The van der Waals surface area contributed by atoms with Gasteiger partial charge in [-0.25, -0.2) is 4.98 Å². The molecule has 0 spiro atoms. The van der Waals surface area contributed by atoms with Crippen molar-refractivity contribution in [3.8, 4) is 0 Å². The lowest BCUT2D eigenvalue weighted by Gasteiger charge is -2.35. The van der Waals surface area contributed by atoms with E-state index >= 15 is 0 Å². The van der Waals surface area contributed by atoms with E-state index in [1.807, 2.05) is 10.3 Å². The van der Waals surface area contributed by atoms with Gasteiger partial charge in [0.05, 0.1) is 0 Å². The number of halogens is 2. The van der Waals surface area contributed by atoms with Crippen LogP contribution >= 0.6 is 36.2 Å². The van der Waals surface area contributed by atoms with Gasteiger partial charge in [0.25, 0.3) is 5.91 Å². The van der Waals surface area contributed by atoms with E-state index in [4.69, 9.17) is 5.73 Å². The summed E-state index contributed by atoms with van der Waals surface area (Å²) >= 11 is 1.46. The van der Waals surface area contributed by atoms with Crippen LogP contribution in [-0.2, 0) is 6.54 Å². The minimum atomic E-state index is 0. The summed E-state index contributed by atoms with van der Waals surface area (Å²) in [5.41, 5.74) is 6.07. The number of aromatic nitrogens is 1. The SMILES string of the molecule is CC(C)CN1CCN(C(=O)c2csc(CN)n2)CC1.Cl.Cl. The molecule has 0 atom stereocenters. The highest BCUT2D eigenvalue weighted by Gasteiger charge is 2.23. The van der Waals surface area contributed by atoms with Crippen LogP contribution in [0.15, 0.2) is 5.38 Å². The molecular formula is C13H24Cl2N4OS.